The highest BCUT2D eigenvalue weighted by atomic mass is 16.5. The molecule has 0 amide bonds. The van der Waals surface area contributed by atoms with Crippen LogP contribution in [-0.4, -0.2) is 31.6 Å². The molecule has 146 valence electrons. The van der Waals surface area contributed by atoms with Gasteiger partial charge in [-0.3, -0.25) is 4.99 Å². The zero-order valence-corrected chi connectivity index (χ0v) is 16.0. The molecule has 1 aromatic carbocycles. The fourth-order valence-corrected chi connectivity index (χ4v) is 2.51. The highest BCUT2D eigenvalue weighted by Crippen LogP contribution is 2.22. The van der Waals surface area contributed by atoms with Gasteiger partial charge in [0.05, 0.1) is 13.4 Å². The monoisotopic (exact) mass is 380 g/mol. The Morgan fingerprint density at radius 2 is 1.89 bits per heavy atom. The van der Waals surface area contributed by atoms with Crippen molar-refractivity contribution < 1.29 is 13.9 Å². The first kappa shape index (κ1) is 19.3. The van der Waals surface area contributed by atoms with E-state index in [-0.39, 0.29) is 0 Å². The first-order valence-electron chi connectivity index (χ1n) is 9.00. The van der Waals surface area contributed by atoms with E-state index in [1.165, 1.54) is 0 Å². The molecule has 2 aromatic heterocycles. The van der Waals surface area contributed by atoms with Crippen molar-refractivity contribution in [1.29, 1.82) is 0 Å². The van der Waals surface area contributed by atoms with Gasteiger partial charge in [-0.1, -0.05) is 6.07 Å². The number of nitrogens with zero attached hydrogens (tertiary/aromatic N) is 2. The highest BCUT2D eigenvalue weighted by molar-refractivity contribution is 5.79. The first-order chi connectivity index (χ1) is 13.8. The van der Waals surface area contributed by atoms with Gasteiger partial charge in [-0.2, -0.15) is 0 Å². The number of methoxy groups -OCH3 is 1. The largest absolute Gasteiger partial charge is 0.497 e. The molecule has 0 unspecified atom stereocenters. The van der Waals surface area contributed by atoms with Crippen LogP contribution in [0, 0.1) is 0 Å². The summed E-state index contributed by atoms with van der Waals surface area (Å²) < 4.78 is 16.2. The van der Waals surface area contributed by atoms with Gasteiger partial charge in [0.1, 0.15) is 17.3 Å². The Hall–Kier alpha value is -3.48. The number of ether oxygens (including phenoxy) is 2. The molecule has 0 aliphatic carbocycles. The SMILES string of the molecule is CN=C(NCCc1ccco1)NCc1ccc(Oc2ccc(OC)cc2)nc1. The number of benzene rings is 1. The van der Waals surface area contributed by atoms with Crippen molar-refractivity contribution in [1.82, 2.24) is 15.6 Å². The van der Waals surface area contributed by atoms with Gasteiger partial charge in [0, 0.05) is 38.8 Å². The summed E-state index contributed by atoms with van der Waals surface area (Å²) in [5.41, 5.74) is 1.02. The van der Waals surface area contributed by atoms with Gasteiger partial charge in [0.2, 0.25) is 5.88 Å². The van der Waals surface area contributed by atoms with Gasteiger partial charge in [-0.25, -0.2) is 4.98 Å². The van der Waals surface area contributed by atoms with Crippen LogP contribution < -0.4 is 20.1 Å². The molecule has 7 nitrogen and oxygen atoms in total. The molecule has 0 aliphatic rings. The van der Waals surface area contributed by atoms with E-state index in [0.29, 0.717) is 18.2 Å². The lowest BCUT2D eigenvalue weighted by atomic mass is 10.3. The van der Waals surface area contributed by atoms with Crippen molar-refractivity contribution in [3.63, 3.8) is 0 Å². The highest BCUT2D eigenvalue weighted by Gasteiger charge is 2.03. The Balaban J connectivity index is 1.44. The van der Waals surface area contributed by atoms with Crippen LogP contribution in [0.5, 0.6) is 17.4 Å². The topological polar surface area (TPSA) is 80.9 Å². The molecular weight excluding hydrogens is 356 g/mol. The molecule has 28 heavy (non-hydrogen) atoms. The lowest BCUT2D eigenvalue weighted by Gasteiger charge is -2.11. The predicted octanol–water partition coefficient (Wildman–Crippen LogP) is 3.38. The van der Waals surface area contributed by atoms with E-state index in [9.17, 15) is 0 Å². The average Bonchev–Trinajstić information content (AvgIpc) is 3.26. The molecule has 0 saturated carbocycles. The lowest BCUT2D eigenvalue weighted by molar-refractivity contribution is 0.412. The van der Waals surface area contributed by atoms with E-state index < -0.39 is 0 Å². The molecule has 2 heterocycles. The molecule has 0 spiro atoms. The smallest absolute Gasteiger partial charge is 0.219 e. The summed E-state index contributed by atoms with van der Waals surface area (Å²) in [6.45, 7) is 1.34. The van der Waals surface area contributed by atoms with Crippen LogP contribution in [0.2, 0.25) is 0 Å². The standard InChI is InChI=1S/C21H24N4O3/c1-22-21(23-12-11-18-4-3-13-27-18)25-15-16-5-10-20(24-14-16)28-19-8-6-17(26-2)7-9-19/h3-10,13-14H,11-12,15H2,1-2H3,(H2,22,23,25). The second-order valence-corrected chi connectivity index (χ2v) is 5.96. The number of hydrogen-bond acceptors (Lipinski definition) is 5. The number of aromatic nitrogens is 1. The summed E-state index contributed by atoms with van der Waals surface area (Å²) in [5, 5.41) is 6.52. The Morgan fingerprint density at radius 1 is 1.07 bits per heavy atom. The van der Waals surface area contributed by atoms with Crippen LogP contribution in [-0.2, 0) is 13.0 Å². The van der Waals surface area contributed by atoms with E-state index in [0.717, 1.165) is 36.0 Å². The van der Waals surface area contributed by atoms with E-state index in [1.807, 2.05) is 48.5 Å². The second kappa shape index (κ2) is 10.0. The van der Waals surface area contributed by atoms with Gasteiger partial charge in [-0.05, 0) is 42.0 Å². The molecule has 0 aliphatic heterocycles. The van der Waals surface area contributed by atoms with Crippen molar-refractivity contribution in [2.75, 3.05) is 20.7 Å². The van der Waals surface area contributed by atoms with Gasteiger partial charge < -0.3 is 24.5 Å². The van der Waals surface area contributed by atoms with Crippen LogP contribution >= 0.6 is 0 Å². The minimum absolute atomic E-state index is 0.537. The lowest BCUT2D eigenvalue weighted by Crippen LogP contribution is -2.37. The minimum atomic E-state index is 0.537. The summed E-state index contributed by atoms with van der Waals surface area (Å²) >= 11 is 0. The third-order valence-corrected chi connectivity index (χ3v) is 4.01. The van der Waals surface area contributed by atoms with Crippen LogP contribution in [0.3, 0.4) is 0 Å². The zero-order valence-electron chi connectivity index (χ0n) is 16.0. The van der Waals surface area contributed by atoms with Gasteiger partial charge in [0.25, 0.3) is 0 Å². The minimum Gasteiger partial charge on any atom is -0.497 e. The molecule has 0 radical (unpaired) electrons. The summed E-state index contributed by atoms with van der Waals surface area (Å²) in [6, 6.07) is 15.0. The molecule has 0 fully saturated rings. The molecular formula is C21H24N4O3. The summed E-state index contributed by atoms with van der Waals surface area (Å²) in [5.74, 6) is 3.70. The van der Waals surface area contributed by atoms with Crippen LogP contribution in [0.25, 0.3) is 0 Å². The molecule has 3 aromatic rings. The van der Waals surface area contributed by atoms with Crippen molar-refractivity contribution >= 4 is 5.96 Å². The van der Waals surface area contributed by atoms with Crippen molar-refractivity contribution in [2.45, 2.75) is 13.0 Å². The zero-order chi connectivity index (χ0) is 19.6. The van der Waals surface area contributed by atoms with Crippen LogP contribution in [0.1, 0.15) is 11.3 Å². The van der Waals surface area contributed by atoms with E-state index in [1.54, 1.807) is 26.6 Å². The van der Waals surface area contributed by atoms with Crippen molar-refractivity contribution in [3.05, 3.63) is 72.3 Å². The molecule has 2 N–H and O–H groups in total. The first-order valence-corrected chi connectivity index (χ1v) is 9.00. The Morgan fingerprint density at radius 3 is 2.54 bits per heavy atom. The second-order valence-electron chi connectivity index (χ2n) is 5.96. The number of aliphatic imine (C=N–C) groups is 1. The number of pyridine rings is 1. The van der Waals surface area contributed by atoms with Crippen LogP contribution in [0.4, 0.5) is 0 Å². The van der Waals surface area contributed by atoms with E-state index >= 15 is 0 Å². The Kier molecular flexibility index (Phi) is 6.89. The molecule has 0 saturated heterocycles. The van der Waals surface area contributed by atoms with Gasteiger partial charge >= 0.3 is 0 Å². The summed E-state index contributed by atoms with van der Waals surface area (Å²) in [4.78, 5) is 8.57. The fraction of sp³-hybridized carbons (Fsp3) is 0.238. The predicted molar refractivity (Wildman–Crippen MR) is 108 cm³/mol. The number of guanidine groups is 1. The van der Waals surface area contributed by atoms with E-state index in [2.05, 4.69) is 20.6 Å². The maximum atomic E-state index is 5.74. The quantitative estimate of drug-likeness (QED) is 0.461. The number of nitrogens with one attached hydrogen (secondary N) is 2. The van der Waals surface area contributed by atoms with E-state index in [4.69, 9.17) is 13.9 Å². The van der Waals surface area contributed by atoms with Crippen molar-refractivity contribution in [3.8, 4) is 17.4 Å². The Labute approximate surface area is 164 Å². The summed E-state index contributed by atoms with van der Waals surface area (Å²) in [7, 11) is 3.37. The molecule has 0 atom stereocenters. The number of rotatable bonds is 8. The maximum absolute atomic E-state index is 5.74. The molecule has 7 heteroatoms. The normalized spacial score (nSPS) is 11.1. The number of hydrogen-bond donors (Lipinski definition) is 2. The summed E-state index contributed by atoms with van der Waals surface area (Å²) in [6.07, 6.45) is 4.26. The average molecular weight is 380 g/mol. The third-order valence-electron chi connectivity index (χ3n) is 4.01. The molecule has 3 rings (SSSR count). The maximum Gasteiger partial charge on any atom is 0.219 e. The number of furan rings is 1. The van der Waals surface area contributed by atoms with Crippen molar-refractivity contribution in [2.24, 2.45) is 4.99 Å². The van der Waals surface area contributed by atoms with Gasteiger partial charge in [0.15, 0.2) is 5.96 Å². The molecule has 0 bridgehead atoms. The van der Waals surface area contributed by atoms with Crippen LogP contribution in [0.15, 0.2) is 70.4 Å². The third kappa shape index (κ3) is 5.77. The van der Waals surface area contributed by atoms with Gasteiger partial charge in [-0.15, -0.1) is 0 Å². The Bertz CT molecular complexity index is 860. The fourth-order valence-electron chi connectivity index (χ4n) is 2.51.